The minimum atomic E-state index is -0.876. The number of carbonyl (C=O) groups is 3. The van der Waals surface area contributed by atoms with E-state index in [1.165, 1.54) is 0 Å². The van der Waals surface area contributed by atoms with E-state index < -0.39 is 24.3 Å². The third kappa shape index (κ3) is 17.5. The molecule has 0 aromatic heterocycles. The van der Waals surface area contributed by atoms with Gasteiger partial charge in [-0.2, -0.15) is 0 Å². The molecule has 160 valence electrons. The Kier molecular flexibility index (Phi) is 21.0. The normalized spacial score (nSPS) is 11.2. The van der Waals surface area contributed by atoms with Crippen LogP contribution in [0.15, 0.2) is 0 Å². The fraction of sp³-hybridized carbons (Fsp3) is 0.833. The van der Waals surface area contributed by atoms with Gasteiger partial charge in [-0.3, -0.25) is 14.4 Å². The zero-order valence-corrected chi connectivity index (χ0v) is 17.0. The minimum Gasteiger partial charge on any atom is -0.465 e. The van der Waals surface area contributed by atoms with Crippen LogP contribution < -0.4 is 11.1 Å². The Morgan fingerprint density at radius 2 is 1.48 bits per heavy atom. The summed E-state index contributed by atoms with van der Waals surface area (Å²) in [7, 11) is 0. The molecule has 1 amide bonds. The van der Waals surface area contributed by atoms with Crippen LogP contribution in [0.1, 0.15) is 53.4 Å². The molecule has 0 aliphatic rings. The molecule has 0 saturated heterocycles. The van der Waals surface area contributed by atoms with Crippen molar-refractivity contribution in [1.82, 2.24) is 5.32 Å². The highest BCUT2D eigenvalue weighted by Gasteiger charge is 2.27. The number of ether oxygens (including phenoxy) is 4. The molecule has 0 radical (unpaired) electrons. The second-order valence-electron chi connectivity index (χ2n) is 5.40. The molecule has 0 rings (SSSR count). The van der Waals surface area contributed by atoms with Crippen LogP contribution in [0.25, 0.3) is 0 Å². The van der Waals surface area contributed by atoms with Crippen molar-refractivity contribution in [3.63, 3.8) is 0 Å². The third-order valence-electron chi connectivity index (χ3n) is 3.05. The molecule has 0 heterocycles. The first-order valence-electron chi connectivity index (χ1n) is 9.46. The molecule has 9 nitrogen and oxygen atoms in total. The van der Waals surface area contributed by atoms with Gasteiger partial charge in [-0.25, -0.2) is 0 Å². The summed E-state index contributed by atoms with van der Waals surface area (Å²) in [6.45, 7) is 9.29. The first kappa shape index (κ1) is 27.5. The fourth-order valence-corrected chi connectivity index (χ4v) is 1.63. The van der Waals surface area contributed by atoms with Gasteiger partial charge in [0.2, 0.25) is 6.41 Å². The Labute approximate surface area is 162 Å². The summed E-state index contributed by atoms with van der Waals surface area (Å²) in [5.74, 6) is -0.889. The summed E-state index contributed by atoms with van der Waals surface area (Å²) in [6, 6.07) is -0.876. The monoisotopic (exact) mass is 392 g/mol. The molecule has 0 spiro atoms. The van der Waals surface area contributed by atoms with E-state index in [1.54, 1.807) is 13.8 Å². The van der Waals surface area contributed by atoms with Gasteiger partial charge in [-0.1, -0.05) is 26.7 Å². The molecule has 0 bridgehead atoms. The molecular weight excluding hydrogens is 356 g/mol. The van der Waals surface area contributed by atoms with Crippen molar-refractivity contribution in [2.75, 3.05) is 33.0 Å². The van der Waals surface area contributed by atoms with Crippen LogP contribution in [-0.4, -0.2) is 63.7 Å². The molecule has 0 aromatic carbocycles. The smallest absolute Gasteiger partial charge is 0.328 e. The average molecular weight is 392 g/mol. The maximum atomic E-state index is 11.5. The van der Waals surface area contributed by atoms with Crippen LogP contribution in [0.5, 0.6) is 0 Å². The predicted molar refractivity (Wildman–Crippen MR) is 101 cm³/mol. The van der Waals surface area contributed by atoms with Crippen LogP contribution in [0.3, 0.4) is 0 Å². The molecule has 1 unspecified atom stereocenters. The van der Waals surface area contributed by atoms with Gasteiger partial charge < -0.3 is 30.0 Å². The molecule has 0 aliphatic carbocycles. The van der Waals surface area contributed by atoms with Gasteiger partial charge in [0.15, 0.2) is 12.3 Å². The minimum absolute atomic E-state index is 0.0443. The van der Waals surface area contributed by atoms with Crippen LogP contribution >= 0.6 is 0 Å². The number of amides is 1. The van der Waals surface area contributed by atoms with E-state index in [1.807, 2.05) is 0 Å². The topological polar surface area (TPSA) is 126 Å². The molecule has 0 saturated carbocycles. The number of hydrogen-bond acceptors (Lipinski definition) is 8. The third-order valence-corrected chi connectivity index (χ3v) is 3.05. The first-order valence-corrected chi connectivity index (χ1v) is 9.46. The highest BCUT2D eigenvalue weighted by Crippen LogP contribution is 2.05. The lowest BCUT2D eigenvalue weighted by atomic mass is 10.3. The lowest BCUT2D eigenvalue weighted by Crippen LogP contribution is -2.46. The van der Waals surface area contributed by atoms with Crippen molar-refractivity contribution >= 4 is 18.3 Å². The Morgan fingerprint density at radius 1 is 0.963 bits per heavy atom. The second-order valence-corrected chi connectivity index (χ2v) is 5.40. The fourth-order valence-electron chi connectivity index (χ4n) is 1.63. The number of unbranched alkanes of at least 4 members (excludes halogenated alkanes) is 2. The quantitative estimate of drug-likeness (QED) is 0.184. The van der Waals surface area contributed by atoms with E-state index >= 15 is 0 Å². The van der Waals surface area contributed by atoms with E-state index in [0.717, 1.165) is 25.7 Å². The van der Waals surface area contributed by atoms with Gasteiger partial charge in [-0.05, 0) is 26.7 Å². The van der Waals surface area contributed by atoms with Crippen molar-refractivity contribution in [2.24, 2.45) is 5.73 Å². The van der Waals surface area contributed by atoms with Crippen molar-refractivity contribution in [3.8, 4) is 0 Å². The molecule has 27 heavy (non-hydrogen) atoms. The Bertz CT molecular complexity index is 371. The highest BCUT2D eigenvalue weighted by atomic mass is 16.7. The van der Waals surface area contributed by atoms with Crippen molar-refractivity contribution in [2.45, 2.75) is 65.7 Å². The molecular formula is C18H36N2O7. The number of rotatable bonds is 15. The number of esters is 2. The van der Waals surface area contributed by atoms with Crippen molar-refractivity contribution < 1.29 is 33.3 Å². The summed E-state index contributed by atoms with van der Waals surface area (Å²) in [5.41, 5.74) is 5.79. The molecule has 1 atom stereocenters. The van der Waals surface area contributed by atoms with Crippen molar-refractivity contribution in [3.05, 3.63) is 0 Å². The second kappa shape index (κ2) is 20.6. The number of nitrogens with two attached hydrogens (primary N) is 1. The van der Waals surface area contributed by atoms with Gasteiger partial charge in [0.25, 0.3) is 0 Å². The molecule has 0 aromatic rings. The van der Waals surface area contributed by atoms with Crippen molar-refractivity contribution in [1.29, 1.82) is 0 Å². The lowest BCUT2D eigenvalue weighted by Gasteiger charge is -2.23. The zero-order valence-electron chi connectivity index (χ0n) is 17.0. The van der Waals surface area contributed by atoms with Gasteiger partial charge in [0, 0.05) is 13.2 Å². The van der Waals surface area contributed by atoms with E-state index in [-0.39, 0.29) is 6.54 Å². The van der Waals surface area contributed by atoms with E-state index in [2.05, 4.69) is 23.9 Å². The van der Waals surface area contributed by atoms with Crippen LogP contribution in [0.2, 0.25) is 0 Å². The van der Waals surface area contributed by atoms with Crippen LogP contribution in [0.4, 0.5) is 0 Å². The molecule has 3 N–H and O–H groups in total. The molecule has 9 heteroatoms. The summed E-state index contributed by atoms with van der Waals surface area (Å²) < 4.78 is 20.4. The van der Waals surface area contributed by atoms with E-state index in [0.29, 0.717) is 32.8 Å². The maximum Gasteiger partial charge on any atom is 0.328 e. The summed E-state index contributed by atoms with van der Waals surface area (Å²) in [4.78, 5) is 31.5. The predicted octanol–water partition coefficient (Wildman–Crippen LogP) is 1.13. The first-order chi connectivity index (χ1) is 13.0. The Balaban J connectivity index is 0. The lowest BCUT2D eigenvalue weighted by molar-refractivity contribution is -0.178. The number of nitrogens with one attached hydrogen (secondary N) is 1. The summed E-state index contributed by atoms with van der Waals surface area (Å²) >= 11 is 0. The Hall–Kier alpha value is -1.71. The van der Waals surface area contributed by atoms with Crippen LogP contribution in [0, 0.1) is 0 Å². The standard InChI is InChI=1S/C13H27NO4.C5H9NO3/c1-4-7-9-17-13(18-10-8-5-2)11(14)12(15)16-6-3;1-2-9-5(8)3-6-4-7/h11,13H,4-10,14H2,1-3H3;4H,2-3H2,1H3,(H,6,7). The highest BCUT2D eigenvalue weighted by molar-refractivity contribution is 5.76. The summed E-state index contributed by atoms with van der Waals surface area (Å²) in [6.07, 6.45) is 3.64. The summed E-state index contributed by atoms with van der Waals surface area (Å²) in [5, 5.41) is 2.18. The van der Waals surface area contributed by atoms with E-state index in [9.17, 15) is 14.4 Å². The van der Waals surface area contributed by atoms with Gasteiger partial charge >= 0.3 is 11.9 Å². The number of hydrogen-bond donors (Lipinski definition) is 2. The van der Waals surface area contributed by atoms with Gasteiger partial charge in [0.1, 0.15) is 6.54 Å². The Morgan fingerprint density at radius 3 is 1.89 bits per heavy atom. The van der Waals surface area contributed by atoms with E-state index in [4.69, 9.17) is 19.9 Å². The maximum absolute atomic E-state index is 11.5. The largest absolute Gasteiger partial charge is 0.465 e. The SMILES string of the molecule is CCCCOC(OCCCC)C(N)C(=O)OCC.CCOC(=O)CNC=O. The molecule has 0 fully saturated rings. The van der Waals surface area contributed by atoms with Gasteiger partial charge in [0.05, 0.1) is 13.2 Å². The molecule has 0 aliphatic heterocycles. The van der Waals surface area contributed by atoms with Crippen LogP contribution in [-0.2, 0) is 33.3 Å². The van der Waals surface area contributed by atoms with Gasteiger partial charge in [-0.15, -0.1) is 0 Å². The zero-order chi connectivity index (χ0) is 20.9. The average Bonchev–Trinajstić information content (AvgIpc) is 2.66. The number of carbonyl (C=O) groups excluding carboxylic acids is 3.